The number of nitrogens with zero attached hydrogens (tertiary/aromatic N) is 4. The van der Waals surface area contributed by atoms with Crippen molar-refractivity contribution in [2.45, 2.75) is 26.2 Å². The summed E-state index contributed by atoms with van der Waals surface area (Å²) in [5.74, 6) is 1.39. The molecule has 0 saturated heterocycles. The third-order valence-electron chi connectivity index (χ3n) is 3.87. The van der Waals surface area contributed by atoms with E-state index in [2.05, 4.69) is 27.2 Å². The molecule has 0 fully saturated rings. The first-order valence-electron chi connectivity index (χ1n) is 7.05. The fraction of sp³-hybridized carbons (Fsp3) is 0.467. The third-order valence-corrected chi connectivity index (χ3v) is 3.87. The number of rotatable bonds is 3. The highest BCUT2D eigenvalue weighted by atomic mass is 14.9. The first-order valence-corrected chi connectivity index (χ1v) is 7.05. The summed E-state index contributed by atoms with van der Waals surface area (Å²) >= 11 is 0. The molecule has 0 aromatic carbocycles. The SMILES string of the molecule is CNCC1CCc2nc(-c3cnccn3)nc(C)c2C1. The third kappa shape index (κ3) is 2.54. The van der Waals surface area contributed by atoms with Crippen LogP contribution < -0.4 is 5.32 Å². The molecule has 1 unspecified atom stereocenters. The zero-order chi connectivity index (χ0) is 13.9. The average Bonchev–Trinajstić information content (AvgIpc) is 2.49. The normalized spacial score (nSPS) is 17.8. The molecule has 1 aliphatic carbocycles. The van der Waals surface area contributed by atoms with Gasteiger partial charge in [0, 0.05) is 23.8 Å². The van der Waals surface area contributed by atoms with Crippen molar-refractivity contribution in [2.24, 2.45) is 5.92 Å². The van der Waals surface area contributed by atoms with Crippen molar-refractivity contribution in [1.82, 2.24) is 25.3 Å². The second-order valence-electron chi connectivity index (χ2n) is 5.32. The molecule has 0 spiro atoms. The maximum atomic E-state index is 4.70. The molecule has 1 atom stereocenters. The summed E-state index contributed by atoms with van der Waals surface area (Å²) in [4.78, 5) is 17.7. The van der Waals surface area contributed by atoms with Crippen molar-refractivity contribution in [3.8, 4) is 11.5 Å². The number of aryl methyl sites for hydroxylation is 2. The van der Waals surface area contributed by atoms with Gasteiger partial charge in [-0.25, -0.2) is 15.0 Å². The van der Waals surface area contributed by atoms with Crippen LogP contribution in [0.25, 0.3) is 11.5 Å². The highest BCUT2D eigenvalue weighted by Crippen LogP contribution is 2.27. The Balaban J connectivity index is 1.94. The molecule has 0 saturated carbocycles. The lowest BCUT2D eigenvalue weighted by molar-refractivity contribution is 0.433. The lowest BCUT2D eigenvalue weighted by Gasteiger charge is -2.25. The van der Waals surface area contributed by atoms with Crippen molar-refractivity contribution >= 4 is 0 Å². The number of fused-ring (bicyclic) bond motifs is 1. The van der Waals surface area contributed by atoms with Gasteiger partial charge in [-0.05, 0) is 51.3 Å². The quantitative estimate of drug-likeness (QED) is 0.916. The molecule has 104 valence electrons. The van der Waals surface area contributed by atoms with E-state index in [1.54, 1.807) is 18.6 Å². The van der Waals surface area contributed by atoms with E-state index in [1.165, 1.54) is 17.7 Å². The summed E-state index contributed by atoms with van der Waals surface area (Å²) < 4.78 is 0. The second kappa shape index (κ2) is 5.63. The number of hydrogen-bond acceptors (Lipinski definition) is 5. The Kier molecular flexibility index (Phi) is 3.69. The molecule has 20 heavy (non-hydrogen) atoms. The van der Waals surface area contributed by atoms with E-state index in [0.29, 0.717) is 11.7 Å². The fourth-order valence-electron chi connectivity index (χ4n) is 2.85. The van der Waals surface area contributed by atoms with E-state index in [0.717, 1.165) is 30.8 Å². The smallest absolute Gasteiger partial charge is 0.180 e. The van der Waals surface area contributed by atoms with Gasteiger partial charge in [0.15, 0.2) is 5.82 Å². The van der Waals surface area contributed by atoms with Crippen LogP contribution in [-0.4, -0.2) is 33.5 Å². The Morgan fingerprint density at radius 1 is 1.30 bits per heavy atom. The van der Waals surface area contributed by atoms with Gasteiger partial charge in [0.1, 0.15) is 5.69 Å². The molecule has 5 nitrogen and oxygen atoms in total. The summed E-state index contributed by atoms with van der Waals surface area (Å²) in [6.45, 7) is 3.13. The predicted octanol–water partition coefficient (Wildman–Crippen LogP) is 1.57. The van der Waals surface area contributed by atoms with Gasteiger partial charge >= 0.3 is 0 Å². The second-order valence-corrected chi connectivity index (χ2v) is 5.32. The zero-order valence-corrected chi connectivity index (χ0v) is 11.9. The molecule has 2 aromatic rings. The van der Waals surface area contributed by atoms with Gasteiger partial charge in [-0.1, -0.05) is 0 Å². The summed E-state index contributed by atoms with van der Waals surface area (Å²) in [6, 6.07) is 0. The van der Waals surface area contributed by atoms with E-state index >= 15 is 0 Å². The molecule has 3 rings (SSSR count). The monoisotopic (exact) mass is 269 g/mol. The largest absolute Gasteiger partial charge is 0.319 e. The van der Waals surface area contributed by atoms with Crippen LogP contribution >= 0.6 is 0 Å². The predicted molar refractivity (Wildman–Crippen MR) is 77.2 cm³/mol. The summed E-state index contributed by atoms with van der Waals surface area (Å²) in [5, 5.41) is 3.27. The Bertz CT molecular complexity index is 597. The Morgan fingerprint density at radius 3 is 2.95 bits per heavy atom. The molecule has 0 amide bonds. The molecule has 1 N–H and O–H groups in total. The number of hydrogen-bond donors (Lipinski definition) is 1. The minimum atomic E-state index is 0.692. The van der Waals surface area contributed by atoms with E-state index in [4.69, 9.17) is 4.98 Å². The van der Waals surface area contributed by atoms with Crippen molar-refractivity contribution in [3.63, 3.8) is 0 Å². The van der Waals surface area contributed by atoms with Gasteiger partial charge in [-0.2, -0.15) is 0 Å². The number of aromatic nitrogens is 4. The van der Waals surface area contributed by atoms with Gasteiger partial charge in [0.05, 0.1) is 6.20 Å². The molecule has 0 bridgehead atoms. The van der Waals surface area contributed by atoms with Crippen LogP contribution in [0.2, 0.25) is 0 Å². The molecule has 2 aromatic heterocycles. The highest BCUT2D eigenvalue weighted by Gasteiger charge is 2.22. The fourth-order valence-corrected chi connectivity index (χ4v) is 2.85. The zero-order valence-electron chi connectivity index (χ0n) is 11.9. The van der Waals surface area contributed by atoms with E-state index in [1.807, 2.05) is 7.05 Å². The molecular weight excluding hydrogens is 250 g/mol. The Morgan fingerprint density at radius 2 is 2.20 bits per heavy atom. The van der Waals surface area contributed by atoms with E-state index in [9.17, 15) is 0 Å². The number of nitrogens with one attached hydrogen (secondary N) is 1. The summed E-state index contributed by atoms with van der Waals surface area (Å²) in [6.07, 6.45) is 8.34. The minimum absolute atomic E-state index is 0.692. The lowest BCUT2D eigenvalue weighted by Crippen LogP contribution is -2.26. The maximum Gasteiger partial charge on any atom is 0.180 e. The molecule has 1 aliphatic rings. The first-order chi connectivity index (χ1) is 9.78. The van der Waals surface area contributed by atoms with Gasteiger partial charge in [0.25, 0.3) is 0 Å². The summed E-state index contributed by atoms with van der Waals surface area (Å²) in [5.41, 5.74) is 4.34. The van der Waals surface area contributed by atoms with Gasteiger partial charge in [-0.3, -0.25) is 4.98 Å². The van der Waals surface area contributed by atoms with Crippen LogP contribution in [0.4, 0.5) is 0 Å². The summed E-state index contributed by atoms with van der Waals surface area (Å²) in [7, 11) is 2.01. The Labute approximate surface area is 118 Å². The maximum absolute atomic E-state index is 4.70. The van der Waals surface area contributed by atoms with Gasteiger partial charge in [0.2, 0.25) is 0 Å². The van der Waals surface area contributed by atoms with Crippen LogP contribution in [0.3, 0.4) is 0 Å². The van der Waals surface area contributed by atoms with E-state index < -0.39 is 0 Å². The molecule has 0 aliphatic heterocycles. The van der Waals surface area contributed by atoms with Crippen LogP contribution in [0.15, 0.2) is 18.6 Å². The van der Waals surface area contributed by atoms with Crippen molar-refractivity contribution < 1.29 is 0 Å². The molecule has 2 heterocycles. The minimum Gasteiger partial charge on any atom is -0.319 e. The molecular formula is C15H19N5. The molecule has 0 radical (unpaired) electrons. The first kappa shape index (κ1) is 13.1. The van der Waals surface area contributed by atoms with Crippen LogP contribution in [0, 0.1) is 12.8 Å². The van der Waals surface area contributed by atoms with Crippen molar-refractivity contribution in [2.75, 3.05) is 13.6 Å². The van der Waals surface area contributed by atoms with Crippen molar-refractivity contribution in [3.05, 3.63) is 35.5 Å². The van der Waals surface area contributed by atoms with Crippen LogP contribution in [0.5, 0.6) is 0 Å². The highest BCUT2D eigenvalue weighted by molar-refractivity contribution is 5.49. The van der Waals surface area contributed by atoms with Crippen LogP contribution in [0.1, 0.15) is 23.4 Å². The van der Waals surface area contributed by atoms with Gasteiger partial charge < -0.3 is 5.32 Å². The topological polar surface area (TPSA) is 63.6 Å². The molecule has 5 heteroatoms. The van der Waals surface area contributed by atoms with Crippen LogP contribution in [-0.2, 0) is 12.8 Å². The Hall–Kier alpha value is -1.88. The standard InChI is InChI=1S/C15H19N5/c1-10-12-7-11(8-16-2)3-4-13(12)20-15(19-10)14-9-17-5-6-18-14/h5-6,9,11,16H,3-4,7-8H2,1-2H3. The lowest BCUT2D eigenvalue weighted by atomic mass is 9.86. The van der Waals surface area contributed by atoms with E-state index in [-0.39, 0.29) is 0 Å². The average molecular weight is 269 g/mol. The van der Waals surface area contributed by atoms with Gasteiger partial charge in [-0.15, -0.1) is 0 Å². The van der Waals surface area contributed by atoms with Crippen molar-refractivity contribution in [1.29, 1.82) is 0 Å².